The molecule has 1 aliphatic rings. The second-order valence-electron chi connectivity index (χ2n) is 8.97. The number of halogens is 2. The normalized spacial score (nSPS) is 14.8. The lowest BCUT2D eigenvalue weighted by Gasteiger charge is -2.14. The summed E-state index contributed by atoms with van der Waals surface area (Å²) in [4.78, 5) is 35.9. The van der Waals surface area contributed by atoms with Gasteiger partial charge >= 0.3 is 0 Å². The Balaban J connectivity index is 1.47. The van der Waals surface area contributed by atoms with Crippen molar-refractivity contribution in [2.45, 2.75) is 13.1 Å². The maximum absolute atomic E-state index is 14.8. The highest BCUT2D eigenvalue weighted by molar-refractivity contribution is 6.20. The van der Waals surface area contributed by atoms with Gasteiger partial charge in [-0.25, -0.2) is 23.3 Å². The molecular formula is C29H20F2N6O2. The molecule has 0 saturated heterocycles. The van der Waals surface area contributed by atoms with Gasteiger partial charge in [0.05, 0.1) is 11.4 Å². The van der Waals surface area contributed by atoms with Crippen LogP contribution >= 0.6 is 0 Å². The van der Waals surface area contributed by atoms with Crippen molar-refractivity contribution >= 4 is 28.9 Å². The lowest BCUT2D eigenvalue weighted by atomic mass is 10.0. The fraction of sp³-hybridized carbons (Fsp3) is 0.0690. The van der Waals surface area contributed by atoms with Crippen LogP contribution in [0.3, 0.4) is 0 Å². The van der Waals surface area contributed by atoms with E-state index in [2.05, 4.69) is 25.7 Å². The molecule has 0 bridgehead atoms. The molecule has 0 saturated carbocycles. The average Bonchev–Trinajstić information content (AvgIpc) is 3.24. The molecule has 0 radical (unpaired) electrons. The second kappa shape index (κ2) is 9.56. The fourth-order valence-corrected chi connectivity index (χ4v) is 4.50. The second-order valence-corrected chi connectivity index (χ2v) is 8.97. The number of nitrogens with zero attached hydrogens (tertiary/aromatic N) is 4. The highest BCUT2D eigenvalue weighted by atomic mass is 19.1. The molecule has 1 atom stereocenters. The third-order valence-corrected chi connectivity index (χ3v) is 6.30. The number of aryl methyl sites for hydroxylation is 1. The predicted molar refractivity (Wildman–Crippen MR) is 141 cm³/mol. The number of amides is 2. The number of anilines is 1. The van der Waals surface area contributed by atoms with Crippen molar-refractivity contribution in [1.29, 1.82) is 0 Å². The minimum Gasteiger partial charge on any atom is -0.322 e. The Morgan fingerprint density at radius 1 is 0.949 bits per heavy atom. The van der Waals surface area contributed by atoms with Gasteiger partial charge in [0.2, 0.25) is 6.17 Å². The first kappa shape index (κ1) is 24.1. The van der Waals surface area contributed by atoms with Gasteiger partial charge in [-0.05, 0) is 30.7 Å². The van der Waals surface area contributed by atoms with Crippen molar-refractivity contribution in [3.63, 3.8) is 0 Å². The van der Waals surface area contributed by atoms with Crippen molar-refractivity contribution in [1.82, 2.24) is 19.9 Å². The minimum atomic E-state index is -1.44. The molecule has 0 fully saturated rings. The number of hydrogen-bond acceptors (Lipinski definition) is 5. The zero-order chi connectivity index (χ0) is 27.1. The summed E-state index contributed by atoms with van der Waals surface area (Å²) in [5.74, 6) is -2.70. The summed E-state index contributed by atoms with van der Waals surface area (Å²) in [7, 11) is 0. The van der Waals surface area contributed by atoms with Gasteiger partial charge in [0.25, 0.3) is 11.8 Å². The number of aliphatic imine (C=N–C) groups is 1. The number of carbonyl (C=O) groups is 2. The smallest absolute Gasteiger partial charge is 0.269 e. The Morgan fingerprint density at radius 3 is 2.46 bits per heavy atom. The fourth-order valence-electron chi connectivity index (χ4n) is 4.50. The van der Waals surface area contributed by atoms with E-state index in [-0.39, 0.29) is 28.2 Å². The van der Waals surface area contributed by atoms with E-state index < -0.39 is 29.6 Å². The monoisotopic (exact) mass is 522 g/mol. The largest absolute Gasteiger partial charge is 0.322 e. The zero-order valence-electron chi connectivity index (χ0n) is 20.5. The van der Waals surface area contributed by atoms with Crippen LogP contribution in [0.2, 0.25) is 0 Å². The number of benzene rings is 3. The summed E-state index contributed by atoms with van der Waals surface area (Å²) in [6, 6.07) is 19.3. The predicted octanol–water partition coefficient (Wildman–Crippen LogP) is 4.53. The van der Waals surface area contributed by atoms with Crippen LogP contribution in [0, 0.1) is 18.6 Å². The number of para-hydroxylation sites is 1. The molecule has 1 aliphatic heterocycles. The number of rotatable bonds is 4. The van der Waals surface area contributed by atoms with Crippen molar-refractivity contribution < 1.29 is 18.4 Å². The molecule has 2 aromatic heterocycles. The number of hydrogen-bond donors (Lipinski definition) is 2. The summed E-state index contributed by atoms with van der Waals surface area (Å²) >= 11 is 0. The van der Waals surface area contributed by atoms with E-state index >= 15 is 0 Å². The van der Waals surface area contributed by atoms with E-state index in [0.29, 0.717) is 16.8 Å². The third-order valence-electron chi connectivity index (χ3n) is 6.30. The topological polar surface area (TPSA) is 101 Å². The molecule has 10 heteroatoms. The Kier molecular flexibility index (Phi) is 5.91. The van der Waals surface area contributed by atoms with Gasteiger partial charge in [0.1, 0.15) is 22.9 Å². The van der Waals surface area contributed by atoms with E-state index in [1.807, 2.05) is 13.0 Å². The Hall–Kier alpha value is -5.25. The summed E-state index contributed by atoms with van der Waals surface area (Å²) in [5, 5.41) is 9.61. The Bertz CT molecular complexity index is 1800. The van der Waals surface area contributed by atoms with Gasteiger partial charge in [-0.2, -0.15) is 5.10 Å². The van der Waals surface area contributed by atoms with E-state index in [1.165, 1.54) is 34.8 Å². The van der Waals surface area contributed by atoms with Gasteiger partial charge in [-0.1, -0.05) is 54.6 Å². The van der Waals surface area contributed by atoms with Crippen molar-refractivity contribution in [3.8, 4) is 11.3 Å². The third kappa shape index (κ3) is 4.31. The molecule has 0 unspecified atom stereocenters. The van der Waals surface area contributed by atoms with Crippen LogP contribution in [0.15, 0.2) is 90.2 Å². The molecular weight excluding hydrogens is 502 g/mol. The van der Waals surface area contributed by atoms with Gasteiger partial charge < -0.3 is 10.6 Å². The van der Waals surface area contributed by atoms with Gasteiger partial charge in [0.15, 0.2) is 5.65 Å². The van der Waals surface area contributed by atoms with E-state index in [4.69, 9.17) is 0 Å². The number of nitrogens with one attached hydrogen (secondary N) is 2. The van der Waals surface area contributed by atoms with Crippen LogP contribution in [-0.4, -0.2) is 38.3 Å². The summed E-state index contributed by atoms with van der Waals surface area (Å²) < 4.78 is 31.0. The maximum atomic E-state index is 14.8. The molecule has 6 rings (SSSR count). The van der Waals surface area contributed by atoms with Gasteiger partial charge in [0, 0.05) is 29.1 Å². The van der Waals surface area contributed by atoms with Crippen LogP contribution in [0.25, 0.3) is 16.9 Å². The summed E-state index contributed by atoms with van der Waals surface area (Å²) in [5.41, 5.74) is 2.34. The molecule has 2 amide bonds. The first-order valence-electron chi connectivity index (χ1n) is 12.0. The number of carbonyl (C=O) groups excluding carboxylic acids is 2. The van der Waals surface area contributed by atoms with Crippen LogP contribution in [0.1, 0.15) is 27.0 Å². The van der Waals surface area contributed by atoms with Crippen molar-refractivity contribution in [2.75, 3.05) is 5.32 Å². The highest BCUT2D eigenvalue weighted by Gasteiger charge is 2.31. The lowest BCUT2D eigenvalue weighted by molar-refractivity contribution is -0.117. The average molecular weight is 523 g/mol. The zero-order valence-corrected chi connectivity index (χ0v) is 20.5. The van der Waals surface area contributed by atoms with Crippen LogP contribution in [0.4, 0.5) is 14.5 Å². The lowest BCUT2D eigenvalue weighted by Crippen LogP contribution is -2.42. The molecule has 39 heavy (non-hydrogen) atoms. The number of benzodiazepines with no additional fused rings is 1. The molecule has 2 N–H and O–H groups in total. The highest BCUT2D eigenvalue weighted by Crippen LogP contribution is 2.29. The molecule has 8 nitrogen and oxygen atoms in total. The van der Waals surface area contributed by atoms with E-state index in [9.17, 15) is 18.4 Å². The van der Waals surface area contributed by atoms with E-state index in [0.717, 1.165) is 5.56 Å². The summed E-state index contributed by atoms with van der Waals surface area (Å²) in [6.45, 7) is 1.81. The molecule has 3 aromatic carbocycles. The Morgan fingerprint density at radius 2 is 1.67 bits per heavy atom. The first-order valence-corrected chi connectivity index (χ1v) is 12.0. The SMILES string of the molecule is Cc1cnc2c(C(=O)N[C@H]3N=C(c4ccccc4)c4cccc(F)c4NC3=O)c(-c3ccccc3F)nn2c1. The van der Waals surface area contributed by atoms with Crippen LogP contribution in [0.5, 0.6) is 0 Å². The van der Waals surface area contributed by atoms with Crippen LogP contribution in [-0.2, 0) is 4.79 Å². The molecule has 0 spiro atoms. The van der Waals surface area contributed by atoms with Gasteiger partial charge in [-0.3, -0.25) is 9.59 Å². The quantitative estimate of drug-likeness (QED) is 0.362. The van der Waals surface area contributed by atoms with E-state index in [1.54, 1.807) is 48.8 Å². The molecule has 3 heterocycles. The maximum Gasteiger partial charge on any atom is 0.269 e. The molecule has 0 aliphatic carbocycles. The number of fused-ring (bicyclic) bond motifs is 2. The van der Waals surface area contributed by atoms with Crippen LogP contribution < -0.4 is 10.6 Å². The molecule has 192 valence electrons. The first-order chi connectivity index (χ1) is 18.9. The van der Waals surface area contributed by atoms with Crippen molar-refractivity contribution in [2.24, 2.45) is 4.99 Å². The van der Waals surface area contributed by atoms with Gasteiger partial charge in [-0.15, -0.1) is 0 Å². The van der Waals surface area contributed by atoms with Crippen molar-refractivity contribution in [3.05, 3.63) is 119 Å². The molecule has 5 aromatic rings. The minimum absolute atomic E-state index is 0.0303. The Labute approximate surface area is 221 Å². The number of aromatic nitrogens is 3. The standard InChI is InChI=1S/C29H20F2N6O2/c1-16-14-32-27-22(25(36-37(27)15-16)18-10-5-6-12-20(18)30)28(38)35-26-29(39)34-24-19(11-7-13-21(24)31)23(33-26)17-8-3-2-4-9-17/h2-15,26H,1H3,(H,34,39)(H,35,38)/t26-/m1/s1. The summed E-state index contributed by atoms with van der Waals surface area (Å²) in [6.07, 6.45) is 1.78.